The molecule has 0 bridgehead atoms. The molecule has 1 aromatic heterocycles. The Balaban J connectivity index is 2.58. The summed E-state index contributed by atoms with van der Waals surface area (Å²) in [5, 5.41) is 7.10. The topological polar surface area (TPSA) is 82.8 Å². The van der Waals surface area contributed by atoms with Crippen LogP contribution in [0.25, 0.3) is 11.4 Å². The molecule has 2 rings (SSSR count). The van der Waals surface area contributed by atoms with Crippen molar-refractivity contribution in [1.29, 1.82) is 0 Å². The number of hydrogen-bond donors (Lipinski definition) is 2. The number of nitrogens with zero attached hydrogens (tertiary/aromatic N) is 3. The second-order valence-corrected chi connectivity index (χ2v) is 4.30. The van der Waals surface area contributed by atoms with Gasteiger partial charge in [-0.15, -0.1) is 10.2 Å². The molecule has 0 saturated heterocycles. The number of nitrogens with two attached hydrogens (primary N) is 2. The number of alkyl halides is 3. The number of anilines is 1. The van der Waals surface area contributed by atoms with E-state index in [1.54, 1.807) is 0 Å². The van der Waals surface area contributed by atoms with Gasteiger partial charge in [-0.1, -0.05) is 15.9 Å². The van der Waals surface area contributed by atoms with Crippen molar-refractivity contribution in [1.82, 2.24) is 14.9 Å². The van der Waals surface area contributed by atoms with E-state index in [4.69, 9.17) is 11.6 Å². The predicted molar refractivity (Wildman–Crippen MR) is 62.7 cm³/mol. The van der Waals surface area contributed by atoms with Crippen molar-refractivity contribution in [3.05, 3.63) is 28.2 Å². The third-order valence-corrected chi connectivity index (χ3v) is 2.94. The molecule has 0 fully saturated rings. The van der Waals surface area contributed by atoms with Crippen LogP contribution in [0, 0.1) is 0 Å². The molecule has 0 unspecified atom stereocenters. The Bertz CT molecular complexity index is 592. The van der Waals surface area contributed by atoms with Gasteiger partial charge in [-0.25, -0.2) is 4.68 Å². The second kappa shape index (κ2) is 4.16. The minimum atomic E-state index is -4.47. The normalized spacial score (nSPS) is 11.8. The summed E-state index contributed by atoms with van der Waals surface area (Å²) >= 11 is 2.84. The first-order valence-electron chi connectivity index (χ1n) is 4.64. The van der Waals surface area contributed by atoms with Crippen molar-refractivity contribution < 1.29 is 13.2 Å². The van der Waals surface area contributed by atoms with E-state index in [0.29, 0.717) is 0 Å². The van der Waals surface area contributed by atoms with Crippen molar-refractivity contribution in [3.8, 4) is 11.4 Å². The molecule has 0 saturated carbocycles. The van der Waals surface area contributed by atoms with Crippen LogP contribution in [0.2, 0.25) is 0 Å². The van der Waals surface area contributed by atoms with Crippen molar-refractivity contribution in [2.75, 3.05) is 11.6 Å². The van der Waals surface area contributed by atoms with Crippen LogP contribution >= 0.6 is 15.9 Å². The van der Waals surface area contributed by atoms with Gasteiger partial charge in [0.25, 0.3) is 0 Å². The first kappa shape index (κ1) is 12.7. The van der Waals surface area contributed by atoms with Gasteiger partial charge in [0.05, 0.1) is 5.56 Å². The molecular weight excluding hydrogens is 315 g/mol. The molecule has 0 radical (unpaired) electrons. The van der Waals surface area contributed by atoms with Crippen LogP contribution in [-0.4, -0.2) is 14.9 Å². The highest BCUT2D eigenvalue weighted by Crippen LogP contribution is 2.36. The summed E-state index contributed by atoms with van der Waals surface area (Å²) in [5.41, 5.74) is 4.72. The van der Waals surface area contributed by atoms with Gasteiger partial charge < -0.3 is 11.6 Å². The Morgan fingerprint density at radius 2 is 1.89 bits per heavy atom. The SMILES string of the molecule is Nc1nnc(-c2ccc(Br)c(C(F)(F)F)c2)n1N. The molecule has 2 aromatic rings. The van der Waals surface area contributed by atoms with E-state index in [1.165, 1.54) is 12.1 Å². The number of rotatable bonds is 1. The average Bonchev–Trinajstić information content (AvgIpc) is 2.59. The highest BCUT2D eigenvalue weighted by molar-refractivity contribution is 9.10. The zero-order valence-electron chi connectivity index (χ0n) is 8.74. The lowest BCUT2D eigenvalue weighted by atomic mass is 10.1. The molecule has 1 aromatic carbocycles. The average molecular weight is 322 g/mol. The maximum Gasteiger partial charge on any atom is 0.417 e. The quantitative estimate of drug-likeness (QED) is 0.787. The fourth-order valence-corrected chi connectivity index (χ4v) is 1.85. The van der Waals surface area contributed by atoms with Crippen LogP contribution in [0.5, 0.6) is 0 Å². The molecule has 0 spiro atoms. The molecule has 18 heavy (non-hydrogen) atoms. The maximum atomic E-state index is 12.7. The van der Waals surface area contributed by atoms with E-state index >= 15 is 0 Å². The monoisotopic (exact) mass is 321 g/mol. The predicted octanol–water partition coefficient (Wildman–Crippen LogP) is 2.02. The van der Waals surface area contributed by atoms with Crippen molar-refractivity contribution >= 4 is 21.9 Å². The minimum absolute atomic E-state index is 0.0604. The van der Waals surface area contributed by atoms with E-state index in [-0.39, 0.29) is 21.8 Å². The van der Waals surface area contributed by atoms with Crippen LogP contribution in [0.1, 0.15) is 5.56 Å². The van der Waals surface area contributed by atoms with E-state index in [1.807, 2.05) is 0 Å². The summed E-state index contributed by atoms with van der Waals surface area (Å²) in [6.45, 7) is 0. The van der Waals surface area contributed by atoms with E-state index < -0.39 is 11.7 Å². The molecule has 5 nitrogen and oxygen atoms in total. The molecule has 0 aliphatic carbocycles. The third-order valence-electron chi connectivity index (χ3n) is 2.25. The number of aromatic nitrogens is 3. The molecule has 96 valence electrons. The summed E-state index contributed by atoms with van der Waals surface area (Å²) in [6.07, 6.45) is -4.47. The number of nitrogen functional groups attached to an aromatic ring is 2. The lowest BCUT2D eigenvalue weighted by Gasteiger charge is -2.10. The standard InChI is InChI=1S/C9H7BrF3N5/c10-6-2-1-4(3-5(6)9(11,12)13)7-16-17-8(14)18(7)15/h1-3H,15H2,(H2,14,17). The molecule has 1 heterocycles. The van der Waals surface area contributed by atoms with E-state index in [0.717, 1.165) is 10.7 Å². The number of halogens is 4. The lowest BCUT2D eigenvalue weighted by molar-refractivity contribution is -0.138. The van der Waals surface area contributed by atoms with Crippen LogP contribution in [0.3, 0.4) is 0 Å². The Morgan fingerprint density at radius 1 is 1.22 bits per heavy atom. The van der Waals surface area contributed by atoms with Crippen LogP contribution < -0.4 is 11.6 Å². The molecular formula is C9H7BrF3N5. The van der Waals surface area contributed by atoms with E-state index in [9.17, 15) is 13.2 Å². The minimum Gasteiger partial charge on any atom is -0.366 e. The summed E-state index contributed by atoms with van der Waals surface area (Å²) in [6, 6.07) is 3.63. The Morgan fingerprint density at radius 3 is 2.39 bits per heavy atom. The Kier molecular flexibility index (Phi) is 2.93. The van der Waals surface area contributed by atoms with Gasteiger partial charge in [0, 0.05) is 10.0 Å². The zero-order chi connectivity index (χ0) is 13.5. The van der Waals surface area contributed by atoms with Crippen LogP contribution in [0.15, 0.2) is 22.7 Å². The number of hydrogen-bond acceptors (Lipinski definition) is 4. The molecule has 0 amide bonds. The third kappa shape index (κ3) is 2.13. The molecule has 4 N–H and O–H groups in total. The Hall–Kier alpha value is -1.77. The van der Waals surface area contributed by atoms with Crippen molar-refractivity contribution in [2.45, 2.75) is 6.18 Å². The molecule has 9 heteroatoms. The molecule has 0 aliphatic rings. The zero-order valence-corrected chi connectivity index (χ0v) is 10.3. The summed E-state index contributed by atoms with van der Waals surface area (Å²) < 4.78 is 39.0. The van der Waals surface area contributed by atoms with Gasteiger partial charge >= 0.3 is 6.18 Å². The summed E-state index contributed by atoms with van der Waals surface area (Å²) in [4.78, 5) is 0. The fourth-order valence-electron chi connectivity index (χ4n) is 1.38. The fraction of sp³-hybridized carbons (Fsp3) is 0.111. The van der Waals surface area contributed by atoms with Crippen molar-refractivity contribution in [2.24, 2.45) is 0 Å². The van der Waals surface area contributed by atoms with Gasteiger partial charge in [-0.05, 0) is 18.2 Å². The first-order valence-corrected chi connectivity index (χ1v) is 5.43. The maximum absolute atomic E-state index is 12.7. The van der Waals surface area contributed by atoms with Gasteiger partial charge in [0.2, 0.25) is 5.95 Å². The molecule has 0 atom stereocenters. The summed E-state index contributed by atoms with van der Waals surface area (Å²) in [5.74, 6) is 5.48. The largest absolute Gasteiger partial charge is 0.417 e. The smallest absolute Gasteiger partial charge is 0.366 e. The summed E-state index contributed by atoms with van der Waals surface area (Å²) in [7, 11) is 0. The Labute approximate surface area is 108 Å². The van der Waals surface area contributed by atoms with Gasteiger partial charge in [-0.3, -0.25) is 0 Å². The first-order chi connectivity index (χ1) is 8.30. The van der Waals surface area contributed by atoms with Crippen LogP contribution in [-0.2, 0) is 6.18 Å². The lowest BCUT2D eigenvalue weighted by Crippen LogP contribution is -2.14. The van der Waals surface area contributed by atoms with Crippen LogP contribution in [0.4, 0.5) is 19.1 Å². The van der Waals surface area contributed by atoms with Gasteiger partial charge in [0.1, 0.15) is 0 Å². The number of benzene rings is 1. The van der Waals surface area contributed by atoms with Gasteiger partial charge in [0.15, 0.2) is 5.82 Å². The highest BCUT2D eigenvalue weighted by Gasteiger charge is 2.33. The van der Waals surface area contributed by atoms with E-state index in [2.05, 4.69) is 26.1 Å². The highest BCUT2D eigenvalue weighted by atomic mass is 79.9. The van der Waals surface area contributed by atoms with Crippen molar-refractivity contribution in [3.63, 3.8) is 0 Å². The second-order valence-electron chi connectivity index (χ2n) is 3.44. The molecule has 0 aliphatic heterocycles. The van der Waals surface area contributed by atoms with Gasteiger partial charge in [-0.2, -0.15) is 13.2 Å².